The average molecular weight is 422 g/mol. The molecule has 0 radical (unpaired) electrons. The summed E-state index contributed by atoms with van der Waals surface area (Å²) in [6, 6.07) is 4.50. The molecule has 0 aliphatic heterocycles. The van der Waals surface area contributed by atoms with Crippen LogP contribution in [0.1, 0.15) is 48.8 Å². The van der Waals surface area contributed by atoms with Gasteiger partial charge in [0.05, 0.1) is 5.56 Å². The first-order valence-electron chi connectivity index (χ1n) is 10.7. The molecule has 0 heterocycles. The summed E-state index contributed by atoms with van der Waals surface area (Å²) in [5.74, 6) is 0.828. The number of rotatable bonds is 9. The lowest BCUT2D eigenvalue weighted by Crippen LogP contribution is -2.41. The summed E-state index contributed by atoms with van der Waals surface area (Å²) in [5.41, 5.74) is 0.328. The Morgan fingerprint density at radius 1 is 1.23 bits per heavy atom. The van der Waals surface area contributed by atoms with Gasteiger partial charge >= 0.3 is 12.1 Å². The van der Waals surface area contributed by atoms with Crippen molar-refractivity contribution >= 4 is 5.97 Å². The highest BCUT2D eigenvalue weighted by atomic mass is 19.4. The van der Waals surface area contributed by atoms with E-state index in [0.717, 1.165) is 19.3 Å². The quantitative estimate of drug-likeness (QED) is 0.395. The van der Waals surface area contributed by atoms with E-state index in [1.54, 1.807) is 19.1 Å². The summed E-state index contributed by atoms with van der Waals surface area (Å²) in [6.07, 6.45) is 8.27. The molecule has 4 atom stereocenters. The number of hydrogen-bond acceptors (Lipinski definition) is 2. The molecule has 2 N–H and O–H groups in total. The fourth-order valence-corrected chi connectivity index (χ4v) is 4.82. The lowest BCUT2D eigenvalue weighted by atomic mass is 9.62. The Balaban J connectivity index is 1.61. The van der Waals surface area contributed by atoms with Gasteiger partial charge in [0.15, 0.2) is 0 Å². The van der Waals surface area contributed by atoms with Crippen molar-refractivity contribution in [2.24, 2.45) is 23.7 Å². The molecule has 3 nitrogen and oxygen atoms in total. The van der Waals surface area contributed by atoms with E-state index in [1.807, 2.05) is 0 Å². The molecule has 1 aromatic carbocycles. The molecule has 6 heteroatoms. The molecule has 164 valence electrons. The number of carboxylic acids is 1. The zero-order valence-electron chi connectivity index (χ0n) is 17.3. The van der Waals surface area contributed by atoms with E-state index in [4.69, 9.17) is 5.11 Å². The Hall–Kier alpha value is -2.08. The molecule has 0 aromatic heterocycles. The molecule has 0 unspecified atom stereocenters. The van der Waals surface area contributed by atoms with Crippen molar-refractivity contribution in [2.45, 2.75) is 51.7 Å². The zero-order valence-corrected chi connectivity index (χ0v) is 17.3. The van der Waals surface area contributed by atoms with Crippen molar-refractivity contribution in [3.8, 4) is 0 Å². The maximum Gasteiger partial charge on any atom is 0.416 e. The van der Waals surface area contributed by atoms with Gasteiger partial charge < -0.3 is 10.4 Å². The van der Waals surface area contributed by atoms with Gasteiger partial charge in [0, 0.05) is 13.0 Å². The van der Waals surface area contributed by atoms with E-state index >= 15 is 0 Å². The number of fused-ring (bicyclic) bond motifs is 2. The van der Waals surface area contributed by atoms with Crippen molar-refractivity contribution in [1.82, 2.24) is 5.32 Å². The molecule has 0 saturated heterocycles. The Bertz CT molecular complexity index is 800. The van der Waals surface area contributed by atoms with Crippen LogP contribution >= 0.6 is 0 Å². The zero-order chi connectivity index (χ0) is 21.7. The molecule has 1 fully saturated rings. The van der Waals surface area contributed by atoms with Crippen molar-refractivity contribution in [2.75, 3.05) is 6.54 Å². The smallest absolute Gasteiger partial charge is 0.416 e. The van der Waals surface area contributed by atoms with Crippen LogP contribution < -0.4 is 5.32 Å². The van der Waals surface area contributed by atoms with Crippen LogP contribution in [-0.4, -0.2) is 17.6 Å². The predicted molar refractivity (Wildman–Crippen MR) is 111 cm³/mol. The Labute approximate surface area is 176 Å². The van der Waals surface area contributed by atoms with Gasteiger partial charge in [0.1, 0.15) is 0 Å². The highest BCUT2D eigenvalue weighted by Gasteiger charge is 2.39. The summed E-state index contributed by atoms with van der Waals surface area (Å²) in [5, 5.41) is 12.0. The average Bonchev–Trinajstić information content (AvgIpc) is 2.69. The number of hydrogen-bond donors (Lipinski definition) is 2. The van der Waals surface area contributed by atoms with Gasteiger partial charge in [-0.25, -0.2) is 0 Å². The van der Waals surface area contributed by atoms with Crippen LogP contribution in [0.2, 0.25) is 0 Å². The predicted octanol–water partition coefficient (Wildman–Crippen LogP) is 5.74. The molecule has 3 aliphatic rings. The standard InChI is InChI=1S/C24H30F3NO2/c1-16-7-8-19(22(13-16)24(25,26)27)14-28-15-21-18-11-9-17(10-12-18)20(21)5-3-2-4-6-23(29)30/h3,5,7-9,11,13,17-18,20-21,28H,2,4,6,10,12,14-15H2,1H3,(H,29,30)/b5-3-/t17-,18+,20-,21-/m0/s1. The molecular formula is C24H30F3NO2. The minimum absolute atomic E-state index is 0.171. The lowest BCUT2D eigenvalue weighted by Gasteiger charge is -2.44. The Morgan fingerprint density at radius 2 is 1.97 bits per heavy atom. The molecule has 4 rings (SSSR count). The molecule has 1 aromatic rings. The number of carboxylic acid groups (broad SMARTS) is 1. The second kappa shape index (κ2) is 9.82. The van der Waals surface area contributed by atoms with Gasteiger partial charge in [-0.2, -0.15) is 13.2 Å². The summed E-state index contributed by atoms with van der Waals surface area (Å²) < 4.78 is 40.1. The first kappa shape index (κ1) is 22.6. The topological polar surface area (TPSA) is 49.3 Å². The Kier molecular flexibility index (Phi) is 7.40. The lowest BCUT2D eigenvalue weighted by molar-refractivity contribution is -0.138. The van der Waals surface area contributed by atoms with Crippen LogP contribution in [0.4, 0.5) is 13.2 Å². The van der Waals surface area contributed by atoms with Gasteiger partial charge in [-0.15, -0.1) is 0 Å². The van der Waals surface area contributed by atoms with Crippen molar-refractivity contribution < 1.29 is 23.1 Å². The molecule has 0 spiro atoms. The van der Waals surface area contributed by atoms with E-state index in [2.05, 4.69) is 29.6 Å². The molecule has 0 amide bonds. The third kappa shape index (κ3) is 5.75. The number of benzene rings is 1. The molecule has 1 saturated carbocycles. The van der Waals surface area contributed by atoms with Crippen LogP contribution in [0.15, 0.2) is 42.5 Å². The van der Waals surface area contributed by atoms with E-state index < -0.39 is 17.7 Å². The summed E-state index contributed by atoms with van der Waals surface area (Å²) in [7, 11) is 0. The number of aryl methyl sites for hydroxylation is 1. The Morgan fingerprint density at radius 3 is 2.63 bits per heavy atom. The summed E-state index contributed by atoms with van der Waals surface area (Å²) in [6.45, 7) is 2.54. The molecule has 3 aliphatic carbocycles. The number of carbonyl (C=O) groups is 1. The van der Waals surface area contributed by atoms with E-state index in [1.165, 1.54) is 6.07 Å². The maximum absolute atomic E-state index is 13.4. The van der Waals surface area contributed by atoms with Gasteiger partial charge in [-0.1, -0.05) is 42.0 Å². The van der Waals surface area contributed by atoms with Gasteiger partial charge in [0.25, 0.3) is 0 Å². The van der Waals surface area contributed by atoms with E-state index in [-0.39, 0.29) is 18.5 Å². The molecule has 30 heavy (non-hydrogen) atoms. The van der Waals surface area contributed by atoms with Crippen LogP contribution in [0.3, 0.4) is 0 Å². The first-order valence-corrected chi connectivity index (χ1v) is 10.7. The van der Waals surface area contributed by atoms with Gasteiger partial charge in [-0.3, -0.25) is 4.79 Å². The third-order valence-electron chi connectivity index (χ3n) is 6.36. The largest absolute Gasteiger partial charge is 0.481 e. The van der Waals surface area contributed by atoms with Crippen molar-refractivity contribution in [3.63, 3.8) is 0 Å². The number of halogens is 3. The van der Waals surface area contributed by atoms with Crippen LogP contribution in [0.5, 0.6) is 0 Å². The number of allylic oxidation sites excluding steroid dienone is 4. The van der Waals surface area contributed by atoms with Crippen LogP contribution in [0.25, 0.3) is 0 Å². The van der Waals surface area contributed by atoms with Crippen LogP contribution in [-0.2, 0) is 17.5 Å². The number of nitrogens with one attached hydrogen (secondary N) is 1. The normalized spacial score (nSPS) is 25.9. The minimum atomic E-state index is -4.35. The number of alkyl halides is 3. The fraction of sp³-hybridized carbons (Fsp3) is 0.542. The summed E-state index contributed by atoms with van der Waals surface area (Å²) in [4.78, 5) is 10.6. The fourth-order valence-electron chi connectivity index (χ4n) is 4.82. The first-order chi connectivity index (χ1) is 14.3. The molecular weight excluding hydrogens is 391 g/mol. The molecule has 2 bridgehead atoms. The SMILES string of the molecule is Cc1ccc(CNC[C@@H]2[C@@H](/C=C\CCCC(=O)O)[C@H]3C=C[C@@H]2CC3)c(C(F)(F)F)c1. The summed E-state index contributed by atoms with van der Waals surface area (Å²) >= 11 is 0. The highest BCUT2D eigenvalue weighted by Crippen LogP contribution is 2.45. The van der Waals surface area contributed by atoms with E-state index in [9.17, 15) is 18.0 Å². The number of aliphatic carboxylic acids is 1. The highest BCUT2D eigenvalue weighted by molar-refractivity contribution is 5.66. The second-order valence-electron chi connectivity index (χ2n) is 8.53. The van der Waals surface area contributed by atoms with Crippen molar-refractivity contribution in [1.29, 1.82) is 0 Å². The van der Waals surface area contributed by atoms with Crippen LogP contribution in [0, 0.1) is 30.6 Å². The second-order valence-corrected chi connectivity index (χ2v) is 8.53. The third-order valence-corrected chi connectivity index (χ3v) is 6.36. The monoisotopic (exact) mass is 421 g/mol. The maximum atomic E-state index is 13.4. The van der Waals surface area contributed by atoms with E-state index in [0.29, 0.717) is 42.2 Å². The number of unbranched alkanes of at least 4 members (excludes halogenated alkanes) is 1. The van der Waals surface area contributed by atoms with Crippen molar-refractivity contribution in [3.05, 3.63) is 59.2 Å². The van der Waals surface area contributed by atoms with Gasteiger partial charge in [0.2, 0.25) is 0 Å². The van der Waals surface area contributed by atoms with Gasteiger partial charge in [-0.05, 0) is 74.5 Å². The minimum Gasteiger partial charge on any atom is -0.481 e.